The van der Waals surface area contributed by atoms with Crippen LogP contribution in [0.2, 0.25) is 0 Å². The lowest BCUT2D eigenvalue weighted by atomic mass is 10.0. The first-order valence-corrected chi connectivity index (χ1v) is 7.46. The van der Waals surface area contributed by atoms with Crippen molar-refractivity contribution in [2.75, 3.05) is 31.7 Å². The van der Waals surface area contributed by atoms with Crippen LogP contribution in [0.3, 0.4) is 0 Å². The fourth-order valence-electron chi connectivity index (χ4n) is 1.19. The highest BCUT2D eigenvalue weighted by atomic mass is 32.2. The summed E-state index contributed by atoms with van der Waals surface area (Å²) >= 11 is 0. The first-order valence-electron chi connectivity index (χ1n) is 5.40. The lowest BCUT2D eigenvalue weighted by molar-refractivity contribution is -0.113. The van der Waals surface area contributed by atoms with Gasteiger partial charge in [-0.2, -0.15) is 0 Å². The topological polar surface area (TPSA) is 147 Å². The van der Waals surface area contributed by atoms with Gasteiger partial charge < -0.3 is 30.8 Å². The van der Waals surface area contributed by atoms with Crippen LogP contribution in [0, 0.1) is 0 Å². The van der Waals surface area contributed by atoms with Crippen LogP contribution in [0.15, 0.2) is 0 Å². The molecule has 0 aromatic carbocycles. The third kappa shape index (κ3) is 7.21. The first kappa shape index (κ1) is 17.7. The van der Waals surface area contributed by atoms with E-state index in [0.29, 0.717) is 0 Å². The van der Waals surface area contributed by atoms with Crippen LogP contribution in [0.5, 0.6) is 0 Å². The predicted octanol–water partition coefficient (Wildman–Crippen LogP) is -3.94. The average molecular weight is 287 g/mol. The first-order chi connectivity index (χ1) is 8.19. The second-order valence-electron chi connectivity index (χ2n) is 4.13. The van der Waals surface area contributed by atoms with Gasteiger partial charge in [0, 0.05) is 19.3 Å². The van der Waals surface area contributed by atoms with E-state index in [9.17, 15) is 23.7 Å². The molecule has 18 heavy (non-hydrogen) atoms. The maximum Gasteiger partial charge on any atom is 0.148 e. The minimum atomic E-state index is -3.11. The lowest BCUT2D eigenvalue weighted by Gasteiger charge is -2.25. The van der Waals surface area contributed by atoms with Gasteiger partial charge in [0.25, 0.3) is 0 Å². The fourth-order valence-corrected chi connectivity index (χ4v) is 1.71. The Hall–Kier alpha value is -0.290. The monoisotopic (exact) mass is 287 g/mol. The van der Waals surface area contributed by atoms with Gasteiger partial charge in [-0.1, -0.05) is 0 Å². The van der Waals surface area contributed by atoms with Crippen molar-refractivity contribution in [3.63, 3.8) is 0 Å². The van der Waals surface area contributed by atoms with E-state index in [0.717, 1.165) is 6.26 Å². The molecule has 9 heteroatoms. The van der Waals surface area contributed by atoms with E-state index in [1.54, 1.807) is 0 Å². The molecule has 0 aromatic heterocycles. The van der Waals surface area contributed by atoms with Gasteiger partial charge in [-0.25, -0.2) is 8.42 Å². The summed E-state index contributed by atoms with van der Waals surface area (Å²) in [5.41, 5.74) is 0. The average Bonchev–Trinajstić information content (AvgIpc) is 2.30. The summed E-state index contributed by atoms with van der Waals surface area (Å²) < 4.78 is 21.6. The number of rotatable bonds is 9. The van der Waals surface area contributed by atoms with Crippen molar-refractivity contribution >= 4 is 9.84 Å². The molecular formula is C9H21NO7S. The summed E-state index contributed by atoms with van der Waals surface area (Å²) in [4.78, 5) is 0. The maximum absolute atomic E-state index is 10.8. The van der Waals surface area contributed by atoms with Crippen molar-refractivity contribution in [2.24, 2.45) is 0 Å². The third-order valence-corrected chi connectivity index (χ3v) is 3.27. The van der Waals surface area contributed by atoms with Crippen molar-refractivity contribution in [3.05, 3.63) is 0 Å². The van der Waals surface area contributed by atoms with E-state index in [-0.39, 0.29) is 18.8 Å². The molecular weight excluding hydrogens is 266 g/mol. The van der Waals surface area contributed by atoms with Gasteiger partial charge in [0.15, 0.2) is 0 Å². The Bertz CT molecular complexity index is 321. The van der Waals surface area contributed by atoms with Gasteiger partial charge in [0.1, 0.15) is 28.1 Å². The van der Waals surface area contributed by atoms with Crippen molar-refractivity contribution in [3.8, 4) is 0 Å². The van der Waals surface area contributed by atoms with Crippen molar-refractivity contribution in [2.45, 2.75) is 24.4 Å². The molecule has 8 nitrogen and oxygen atoms in total. The molecule has 0 fully saturated rings. The molecule has 110 valence electrons. The van der Waals surface area contributed by atoms with Gasteiger partial charge in [-0.3, -0.25) is 0 Å². The Labute approximate surface area is 106 Å². The summed E-state index contributed by atoms with van der Waals surface area (Å²) in [6, 6.07) is 0. The summed E-state index contributed by atoms with van der Waals surface area (Å²) in [6.45, 7) is -0.792. The standard InChI is InChI=1S/C9H21NO7S/c1-18(16,17)3-2-10-4-6(12)8(14)9(15)7(13)5-11/h6-15H,2-5H2,1H3/t6-,7+,8+,9+/m0/s1. The molecule has 0 spiro atoms. The number of sulfone groups is 1. The minimum Gasteiger partial charge on any atom is -0.394 e. The maximum atomic E-state index is 10.8. The van der Waals surface area contributed by atoms with Crippen LogP contribution >= 0.6 is 0 Å². The zero-order chi connectivity index (χ0) is 14.3. The lowest BCUT2D eigenvalue weighted by Crippen LogP contribution is -2.49. The zero-order valence-electron chi connectivity index (χ0n) is 10.1. The summed E-state index contributed by atoms with van der Waals surface area (Å²) in [5, 5.41) is 48.4. The van der Waals surface area contributed by atoms with Crippen LogP contribution < -0.4 is 5.32 Å². The summed E-state index contributed by atoms with van der Waals surface area (Å²) in [5.74, 6) is -0.113. The molecule has 0 heterocycles. The number of aliphatic hydroxyl groups is 5. The quantitative estimate of drug-likeness (QED) is 0.235. The summed E-state index contributed by atoms with van der Waals surface area (Å²) in [7, 11) is -3.11. The molecule has 0 radical (unpaired) electrons. The molecule has 6 N–H and O–H groups in total. The molecule has 0 saturated heterocycles. The second-order valence-corrected chi connectivity index (χ2v) is 6.39. The van der Waals surface area contributed by atoms with Gasteiger partial charge in [0.05, 0.1) is 18.5 Å². The molecule has 0 bridgehead atoms. The van der Waals surface area contributed by atoms with Crippen molar-refractivity contribution < 1.29 is 34.0 Å². The number of aliphatic hydroxyl groups excluding tert-OH is 5. The highest BCUT2D eigenvalue weighted by molar-refractivity contribution is 7.90. The number of nitrogens with one attached hydrogen (secondary N) is 1. The predicted molar refractivity (Wildman–Crippen MR) is 63.7 cm³/mol. The SMILES string of the molecule is CS(=O)(=O)CCNC[C@H](O)[C@@H](O)[C@H](O)[C@H](O)CO. The van der Waals surface area contributed by atoms with E-state index in [1.807, 2.05) is 0 Å². The Morgan fingerprint density at radius 3 is 2.00 bits per heavy atom. The molecule has 0 rings (SSSR count). The van der Waals surface area contributed by atoms with Gasteiger partial charge >= 0.3 is 0 Å². The molecule has 0 aliphatic rings. The largest absolute Gasteiger partial charge is 0.394 e. The Morgan fingerprint density at radius 1 is 1.06 bits per heavy atom. The van der Waals surface area contributed by atoms with E-state index >= 15 is 0 Å². The van der Waals surface area contributed by atoms with Gasteiger partial charge in [0.2, 0.25) is 0 Å². The van der Waals surface area contributed by atoms with Crippen molar-refractivity contribution in [1.82, 2.24) is 5.32 Å². The van der Waals surface area contributed by atoms with Gasteiger partial charge in [-0.05, 0) is 0 Å². The van der Waals surface area contributed by atoms with Crippen LogP contribution in [0.4, 0.5) is 0 Å². The van der Waals surface area contributed by atoms with Crippen LogP contribution in [0.25, 0.3) is 0 Å². The molecule has 0 unspecified atom stereocenters. The third-order valence-electron chi connectivity index (χ3n) is 2.33. The van der Waals surface area contributed by atoms with E-state index in [4.69, 9.17) is 10.2 Å². The van der Waals surface area contributed by atoms with Gasteiger partial charge in [-0.15, -0.1) is 0 Å². The number of hydrogen-bond acceptors (Lipinski definition) is 8. The molecule has 0 aromatic rings. The highest BCUT2D eigenvalue weighted by Gasteiger charge is 2.29. The second kappa shape index (κ2) is 8.00. The van der Waals surface area contributed by atoms with Crippen LogP contribution in [-0.2, 0) is 9.84 Å². The minimum absolute atomic E-state index is 0.0985. The Balaban J connectivity index is 3.98. The van der Waals surface area contributed by atoms with Crippen LogP contribution in [-0.4, -0.2) is 90.1 Å². The normalized spacial score (nSPS) is 19.2. The van der Waals surface area contributed by atoms with E-state index < -0.39 is 40.9 Å². The molecule has 0 aliphatic heterocycles. The molecule has 4 atom stereocenters. The Morgan fingerprint density at radius 2 is 1.56 bits per heavy atom. The number of hydrogen-bond donors (Lipinski definition) is 6. The fraction of sp³-hybridized carbons (Fsp3) is 1.00. The molecule has 0 aliphatic carbocycles. The highest BCUT2D eigenvalue weighted by Crippen LogP contribution is 2.04. The van der Waals surface area contributed by atoms with E-state index in [2.05, 4.69) is 5.32 Å². The molecule has 0 amide bonds. The zero-order valence-corrected chi connectivity index (χ0v) is 10.9. The van der Waals surface area contributed by atoms with E-state index in [1.165, 1.54) is 0 Å². The van der Waals surface area contributed by atoms with Crippen LogP contribution in [0.1, 0.15) is 0 Å². The Kier molecular flexibility index (Phi) is 7.87. The van der Waals surface area contributed by atoms with Crippen molar-refractivity contribution in [1.29, 1.82) is 0 Å². The summed E-state index contributed by atoms with van der Waals surface area (Å²) in [6.07, 6.45) is -5.19. The smallest absolute Gasteiger partial charge is 0.148 e. The molecule has 0 saturated carbocycles.